The molecule has 0 aromatic rings. The fraction of sp³-hybridized carbons (Fsp3) is 0.957. The van der Waals surface area contributed by atoms with E-state index in [0.29, 0.717) is 13.2 Å². The molecule has 0 aliphatic rings. The molecular formula is C47H92O4. The van der Waals surface area contributed by atoms with E-state index in [1.165, 1.54) is 199 Å². The van der Waals surface area contributed by atoms with Gasteiger partial charge in [0.2, 0.25) is 0 Å². The molecule has 1 atom stereocenters. The van der Waals surface area contributed by atoms with E-state index >= 15 is 0 Å². The van der Waals surface area contributed by atoms with E-state index in [9.17, 15) is 9.59 Å². The topological polar surface area (TPSA) is 52.6 Å². The van der Waals surface area contributed by atoms with Crippen LogP contribution in [0.5, 0.6) is 0 Å². The molecule has 4 heteroatoms. The average Bonchev–Trinajstić information content (AvgIpc) is 3.13. The summed E-state index contributed by atoms with van der Waals surface area (Å²) in [6.45, 7) is 10.3. The van der Waals surface area contributed by atoms with E-state index < -0.39 is 0 Å². The summed E-state index contributed by atoms with van der Waals surface area (Å²) >= 11 is 0. The molecule has 0 aliphatic carbocycles. The van der Waals surface area contributed by atoms with Gasteiger partial charge in [0, 0.05) is 0 Å². The lowest BCUT2D eigenvalue weighted by Crippen LogP contribution is -2.18. The third-order valence-electron chi connectivity index (χ3n) is 11.1. The predicted molar refractivity (Wildman–Crippen MR) is 222 cm³/mol. The second-order valence-electron chi connectivity index (χ2n) is 16.1. The van der Waals surface area contributed by atoms with E-state index in [0.717, 1.165) is 38.5 Å². The Morgan fingerprint density at radius 3 is 0.725 bits per heavy atom. The Balaban J connectivity index is 3.93. The van der Waals surface area contributed by atoms with Gasteiger partial charge in [0.25, 0.3) is 0 Å². The Morgan fingerprint density at radius 2 is 0.490 bits per heavy atom. The molecule has 0 saturated carbocycles. The van der Waals surface area contributed by atoms with E-state index in [-0.39, 0.29) is 23.8 Å². The van der Waals surface area contributed by atoms with Crippen LogP contribution in [0, 0.1) is 11.8 Å². The molecule has 304 valence electrons. The van der Waals surface area contributed by atoms with Gasteiger partial charge in [-0.25, -0.2) is 0 Å². The number of esters is 2. The number of unbranched alkanes of at least 4 members (excludes halogenated alkanes) is 28. The van der Waals surface area contributed by atoms with Gasteiger partial charge < -0.3 is 9.47 Å². The van der Waals surface area contributed by atoms with Crippen molar-refractivity contribution in [1.29, 1.82) is 0 Å². The van der Waals surface area contributed by atoms with Gasteiger partial charge >= 0.3 is 11.9 Å². The molecule has 51 heavy (non-hydrogen) atoms. The summed E-state index contributed by atoms with van der Waals surface area (Å²) in [5, 5.41) is 0. The zero-order valence-corrected chi connectivity index (χ0v) is 35.4. The van der Waals surface area contributed by atoms with E-state index in [1.807, 2.05) is 0 Å². The molecule has 0 radical (unpaired) electrons. The van der Waals surface area contributed by atoms with Gasteiger partial charge in [-0.2, -0.15) is 0 Å². The van der Waals surface area contributed by atoms with Crippen LogP contribution in [0.3, 0.4) is 0 Å². The van der Waals surface area contributed by atoms with Crippen LogP contribution in [0.2, 0.25) is 0 Å². The first-order chi connectivity index (χ1) is 25.1. The molecule has 0 aromatic carbocycles. The maximum Gasteiger partial charge on any atom is 0.308 e. The summed E-state index contributed by atoms with van der Waals surface area (Å²) in [7, 11) is 0. The molecule has 0 spiro atoms. The van der Waals surface area contributed by atoms with Crippen molar-refractivity contribution in [3.05, 3.63) is 0 Å². The SMILES string of the molecule is CCCCCCCCCC(CCCCCCC)C(=O)OCCCCCCCCCCCCCOC(=O)C(CCCCCCC)CCCCCCC. The molecular weight excluding hydrogens is 629 g/mol. The van der Waals surface area contributed by atoms with Crippen LogP contribution in [-0.4, -0.2) is 25.2 Å². The molecule has 0 aliphatic heterocycles. The molecule has 1 unspecified atom stereocenters. The van der Waals surface area contributed by atoms with Gasteiger partial charge in [-0.15, -0.1) is 0 Å². The Bertz CT molecular complexity index is 692. The minimum atomic E-state index is 0.0790. The van der Waals surface area contributed by atoms with Gasteiger partial charge in [0.05, 0.1) is 25.0 Å². The number of carbonyl (C=O) groups excluding carboxylic acids is 2. The van der Waals surface area contributed by atoms with Crippen molar-refractivity contribution < 1.29 is 19.1 Å². The lowest BCUT2D eigenvalue weighted by Gasteiger charge is -2.16. The molecule has 0 bridgehead atoms. The lowest BCUT2D eigenvalue weighted by atomic mass is 9.94. The number of rotatable bonds is 42. The number of ether oxygens (including phenoxy) is 2. The lowest BCUT2D eigenvalue weighted by molar-refractivity contribution is -0.150. The first-order valence-electron chi connectivity index (χ1n) is 23.4. The van der Waals surface area contributed by atoms with Crippen LogP contribution < -0.4 is 0 Å². The zero-order chi connectivity index (χ0) is 37.3. The standard InChI is InChI=1S/C47H92O4/c1-5-9-13-17-23-29-35-41-45(40-34-28-16-12-8-4)47(49)51-43-37-31-25-22-20-18-19-21-24-30-36-42-50-46(48)44(38-32-26-14-10-6-2)39-33-27-15-11-7-3/h44-45H,5-43H2,1-4H3. The molecule has 0 amide bonds. The molecule has 4 nitrogen and oxygen atoms in total. The maximum absolute atomic E-state index is 12.9. The Kier molecular flexibility index (Phi) is 40.8. The first kappa shape index (κ1) is 49.9. The molecule has 0 fully saturated rings. The summed E-state index contributed by atoms with van der Waals surface area (Å²) in [5.41, 5.74) is 0. The molecule has 0 saturated heterocycles. The normalized spacial score (nSPS) is 12.1. The van der Waals surface area contributed by atoms with Crippen molar-refractivity contribution in [3.8, 4) is 0 Å². The van der Waals surface area contributed by atoms with Gasteiger partial charge in [-0.1, -0.05) is 227 Å². The number of hydrogen-bond acceptors (Lipinski definition) is 4. The van der Waals surface area contributed by atoms with Gasteiger partial charge in [0.1, 0.15) is 0 Å². The average molecular weight is 721 g/mol. The van der Waals surface area contributed by atoms with Crippen molar-refractivity contribution in [1.82, 2.24) is 0 Å². The highest BCUT2D eigenvalue weighted by molar-refractivity contribution is 5.72. The second-order valence-corrected chi connectivity index (χ2v) is 16.1. The number of carbonyl (C=O) groups is 2. The Morgan fingerprint density at radius 1 is 0.294 bits per heavy atom. The summed E-state index contributed by atoms with van der Waals surface area (Å²) in [5.74, 6) is 0.403. The molecule has 0 heterocycles. The van der Waals surface area contributed by atoms with E-state index in [1.54, 1.807) is 0 Å². The van der Waals surface area contributed by atoms with Crippen LogP contribution in [0.1, 0.15) is 265 Å². The van der Waals surface area contributed by atoms with Crippen LogP contribution in [0.25, 0.3) is 0 Å². The Labute approximate surface area is 320 Å². The van der Waals surface area contributed by atoms with Gasteiger partial charge in [0.15, 0.2) is 0 Å². The third-order valence-corrected chi connectivity index (χ3v) is 11.1. The summed E-state index contributed by atoms with van der Waals surface area (Å²) in [4.78, 5) is 25.8. The monoisotopic (exact) mass is 721 g/mol. The molecule has 0 aromatic heterocycles. The molecule has 0 N–H and O–H groups in total. The fourth-order valence-electron chi connectivity index (χ4n) is 7.47. The highest BCUT2D eigenvalue weighted by atomic mass is 16.5. The van der Waals surface area contributed by atoms with Gasteiger partial charge in [-0.3, -0.25) is 9.59 Å². The van der Waals surface area contributed by atoms with Crippen LogP contribution in [-0.2, 0) is 19.1 Å². The predicted octanol–water partition coefficient (Wildman–Crippen LogP) is 15.8. The third kappa shape index (κ3) is 35.7. The summed E-state index contributed by atoms with van der Waals surface area (Å²) < 4.78 is 11.6. The zero-order valence-electron chi connectivity index (χ0n) is 35.4. The first-order valence-corrected chi connectivity index (χ1v) is 23.4. The van der Waals surface area contributed by atoms with Crippen molar-refractivity contribution in [3.63, 3.8) is 0 Å². The van der Waals surface area contributed by atoms with Gasteiger partial charge in [-0.05, 0) is 38.5 Å². The second kappa shape index (κ2) is 41.7. The van der Waals surface area contributed by atoms with Crippen molar-refractivity contribution in [2.24, 2.45) is 11.8 Å². The van der Waals surface area contributed by atoms with Crippen LogP contribution in [0.4, 0.5) is 0 Å². The maximum atomic E-state index is 12.9. The summed E-state index contributed by atoms with van der Waals surface area (Å²) in [6, 6.07) is 0. The summed E-state index contributed by atoms with van der Waals surface area (Å²) in [6.07, 6.45) is 45.5. The van der Waals surface area contributed by atoms with E-state index in [4.69, 9.17) is 9.47 Å². The van der Waals surface area contributed by atoms with E-state index in [2.05, 4.69) is 27.7 Å². The highest BCUT2D eigenvalue weighted by Gasteiger charge is 2.20. The molecule has 0 rings (SSSR count). The smallest absolute Gasteiger partial charge is 0.308 e. The minimum absolute atomic E-state index is 0.0790. The highest BCUT2D eigenvalue weighted by Crippen LogP contribution is 2.23. The quantitative estimate of drug-likeness (QED) is 0.0465. The minimum Gasteiger partial charge on any atom is -0.465 e. The van der Waals surface area contributed by atoms with Crippen LogP contribution >= 0.6 is 0 Å². The van der Waals surface area contributed by atoms with Crippen molar-refractivity contribution in [2.45, 2.75) is 265 Å². The largest absolute Gasteiger partial charge is 0.465 e. The van der Waals surface area contributed by atoms with Crippen molar-refractivity contribution in [2.75, 3.05) is 13.2 Å². The van der Waals surface area contributed by atoms with Crippen molar-refractivity contribution >= 4 is 11.9 Å². The fourth-order valence-corrected chi connectivity index (χ4v) is 7.47. The Hall–Kier alpha value is -1.06. The van der Waals surface area contributed by atoms with Crippen LogP contribution in [0.15, 0.2) is 0 Å². The number of hydrogen-bond donors (Lipinski definition) is 0.